The van der Waals surface area contributed by atoms with Crippen LogP contribution in [-0.2, 0) is 10.0 Å². The molecule has 0 radical (unpaired) electrons. The molecule has 0 atom stereocenters. The fourth-order valence-corrected chi connectivity index (χ4v) is 2.70. The van der Waals surface area contributed by atoms with Gasteiger partial charge in [-0.1, -0.05) is 36.3 Å². The molecule has 1 rings (SSSR count). The number of hydrogen-bond acceptors (Lipinski definition) is 2. The topological polar surface area (TPSA) is 37.4 Å². The first kappa shape index (κ1) is 14.5. The standard InChI is InChI=1S/C14H17NO2S/c1-3-5-12-15(13-6-4-2)18(16,17)14-10-8-7-9-11-14/h3,5,7-11H,12-13H2,1-2H3/b5-3-. The van der Waals surface area contributed by atoms with Crippen LogP contribution in [0.3, 0.4) is 0 Å². The molecule has 0 saturated heterocycles. The third-order valence-electron chi connectivity index (χ3n) is 2.36. The molecule has 0 saturated carbocycles. The van der Waals surface area contributed by atoms with Crippen molar-refractivity contribution in [1.82, 2.24) is 4.31 Å². The summed E-state index contributed by atoms with van der Waals surface area (Å²) in [4.78, 5) is 0.299. The summed E-state index contributed by atoms with van der Waals surface area (Å²) in [5, 5.41) is 0. The lowest BCUT2D eigenvalue weighted by Crippen LogP contribution is -2.31. The van der Waals surface area contributed by atoms with Crippen LogP contribution >= 0.6 is 0 Å². The van der Waals surface area contributed by atoms with Crippen LogP contribution in [0.25, 0.3) is 0 Å². The molecule has 1 aromatic rings. The highest BCUT2D eigenvalue weighted by atomic mass is 32.2. The van der Waals surface area contributed by atoms with Gasteiger partial charge in [0.2, 0.25) is 10.0 Å². The van der Waals surface area contributed by atoms with Crippen molar-refractivity contribution in [2.45, 2.75) is 18.7 Å². The lowest BCUT2D eigenvalue weighted by Gasteiger charge is -2.18. The van der Waals surface area contributed by atoms with Crippen molar-refractivity contribution >= 4 is 10.0 Å². The molecule has 0 aliphatic rings. The molecule has 0 fully saturated rings. The van der Waals surface area contributed by atoms with E-state index in [-0.39, 0.29) is 6.54 Å². The van der Waals surface area contributed by atoms with E-state index in [9.17, 15) is 8.42 Å². The Morgan fingerprint density at radius 1 is 1.28 bits per heavy atom. The minimum atomic E-state index is -3.47. The molecular formula is C14H17NO2S. The van der Waals surface area contributed by atoms with Gasteiger partial charge in [-0.25, -0.2) is 8.42 Å². The first-order valence-electron chi connectivity index (χ1n) is 5.69. The van der Waals surface area contributed by atoms with Gasteiger partial charge in [0, 0.05) is 6.54 Å². The maximum atomic E-state index is 12.4. The van der Waals surface area contributed by atoms with Gasteiger partial charge in [-0.15, -0.1) is 5.92 Å². The van der Waals surface area contributed by atoms with Gasteiger partial charge < -0.3 is 0 Å². The first-order valence-corrected chi connectivity index (χ1v) is 7.13. The van der Waals surface area contributed by atoms with Crippen LogP contribution in [0.5, 0.6) is 0 Å². The van der Waals surface area contributed by atoms with Crippen LogP contribution in [0.15, 0.2) is 47.4 Å². The molecular weight excluding hydrogens is 246 g/mol. The van der Waals surface area contributed by atoms with E-state index in [1.807, 2.05) is 13.0 Å². The number of hydrogen-bond donors (Lipinski definition) is 0. The van der Waals surface area contributed by atoms with Gasteiger partial charge in [0.15, 0.2) is 0 Å². The van der Waals surface area contributed by atoms with Crippen LogP contribution in [0.4, 0.5) is 0 Å². The second-order valence-corrected chi connectivity index (χ2v) is 5.54. The minimum absolute atomic E-state index is 0.206. The zero-order valence-corrected chi connectivity index (χ0v) is 11.4. The summed E-state index contributed by atoms with van der Waals surface area (Å²) < 4.78 is 26.1. The Kier molecular flexibility index (Phi) is 5.63. The van der Waals surface area contributed by atoms with Crippen molar-refractivity contribution in [1.29, 1.82) is 0 Å². The minimum Gasteiger partial charge on any atom is -0.207 e. The normalized spacial score (nSPS) is 11.5. The van der Waals surface area contributed by atoms with Crippen LogP contribution < -0.4 is 0 Å². The zero-order chi connectivity index (χ0) is 13.4. The number of nitrogens with zero attached hydrogens (tertiary/aromatic N) is 1. The number of benzene rings is 1. The fourth-order valence-electron chi connectivity index (χ4n) is 1.38. The third kappa shape index (κ3) is 3.73. The van der Waals surface area contributed by atoms with Crippen LogP contribution in [0.2, 0.25) is 0 Å². The highest BCUT2D eigenvalue weighted by Gasteiger charge is 2.22. The molecule has 0 amide bonds. The van der Waals surface area contributed by atoms with Gasteiger partial charge in [-0.2, -0.15) is 4.31 Å². The molecule has 3 nitrogen and oxygen atoms in total. The van der Waals surface area contributed by atoms with Crippen LogP contribution in [0.1, 0.15) is 13.8 Å². The molecule has 1 aromatic carbocycles. The summed E-state index contributed by atoms with van der Waals surface area (Å²) in [5.74, 6) is 5.51. The van der Waals surface area contributed by atoms with E-state index in [0.717, 1.165) is 0 Å². The van der Waals surface area contributed by atoms with Crippen molar-refractivity contribution < 1.29 is 8.42 Å². The largest absolute Gasteiger partial charge is 0.244 e. The molecule has 0 aliphatic heterocycles. The highest BCUT2D eigenvalue weighted by molar-refractivity contribution is 7.89. The predicted octanol–water partition coefficient (Wildman–Crippen LogP) is 2.28. The second-order valence-electron chi connectivity index (χ2n) is 3.61. The van der Waals surface area contributed by atoms with Crippen molar-refractivity contribution in [2.75, 3.05) is 13.1 Å². The van der Waals surface area contributed by atoms with E-state index >= 15 is 0 Å². The molecule has 96 valence electrons. The smallest absolute Gasteiger partial charge is 0.207 e. The first-order chi connectivity index (χ1) is 8.62. The van der Waals surface area contributed by atoms with Crippen LogP contribution in [-0.4, -0.2) is 25.8 Å². The lowest BCUT2D eigenvalue weighted by molar-refractivity contribution is 0.478. The van der Waals surface area contributed by atoms with Crippen molar-refractivity contribution in [3.8, 4) is 11.8 Å². The average molecular weight is 263 g/mol. The molecule has 0 bridgehead atoms. The highest BCUT2D eigenvalue weighted by Crippen LogP contribution is 2.14. The molecule has 0 N–H and O–H groups in total. The van der Waals surface area contributed by atoms with E-state index in [0.29, 0.717) is 11.4 Å². The Morgan fingerprint density at radius 2 is 1.94 bits per heavy atom. The molecule has 18 heavy (non-hydrogen) atoms. The monoisotopic (exact) mass is 263 g/mol. The Bertz CT molecular complexity index is 550. The van der Waals surface area contributed by atoms with E-state index < -0.39 is 10.0 Å². The quantitative estimate of drug-likeness (QED) is 0.603. The van der Waals surface area contributed by atoms with Crippen molar-refractivity contribution in [3.63, 3.8) is 0 Å². The van der Waals surface area contributed by atoms with E-state index in [1.54, 1.807) is 43.3 Å². The number of allylic oxidation sites excluding steroid dienone is 1. The number of sulfonamides is 1. The van der Waals surface area contributed by atoms with Gasteiger partial charge in [0.1, 0.15) is 0 Å². The van der Waals surface area contributed by atoms with Gasteiger partial charge in [0.25, 0.3) is 0 Å². The van der Waals surface area contributed by atoms with Crippen LogP contribution in [0, 0.1) is 11.8 Å². The van der Waals surface area contributed by atoms with E-state index in [2.05, 4.69) is 11.8 Å². The summed E-state index contributed by atoms with van der Waals surface area (Å²) in [6.07, 6.45) is 3.63. The SMILES string of the molecule is CC#CCN(C/C=C\C)S(=O)(=O)c1ccccc1. The summed E-state index contributed by atoms with van der Waals surface area (Å²) in [5.41, 5.74) is 0. The maximum absolute atomic E-state index is 12.4. The third-order valence-corrected chi connectivity index (χ3v) is 4.18. The molecule has 0 aliphatic carbocycles. The van der Waals surface area contributed by atoms with Gasteiger partial charge >= 0.3 is 0 Å². The fraction of sp³-hybridized carbons (Fsp3) is 0.286. The predicted molar refractivity (Wildman–Crippen MR) is 73.5 cm³/mol. The summed E-state index contributed by atoms with van der Waals surface area (Å²) >= 11 is 0. The maximum Gasteiger partial charge on any atom is 0.244 e. The van der Waals surface area contributed by atoms with Crippen molar-refractivity contribution in [2.24, 2.45) is 0 Å². The Morgan fingerprint density at radius 3 is 2.50 bits per heavy atom. The Balaban J connectivity index is 3.05. The van der Waals surface area contributed by atoms with E-state index in [4.69, 9.17) is 0 Å². The molecule has 0 heterocycles. The summed E-state index contributed by atoms with van der Waals surface area (Å²) in [7, 11) is -3.47. The van der Waals surface area contributed by atoms with Gasteiger partial charge in [-0.3, -0.25) is 0 Å². The lowest BCUT2D eigenvalue weighted by atomic mass is 10.4. The summed E-state index contributed by atoms with van der Waals surface area (Å²) in [6, 6.07) is 8.41. The molecule has 0 spiro atoms. The average Bonchev–Trinajstić information content (AvgIpc) is 2.39. The van der Waals surface area contributed by atoms with Gasteiger partial charge in [-0.05, 0) is 26.0 Å². The Hall–Kier alpha value is -1.57. The van der Waals surface area contributed by atoms with E-state index in [1.165, 1.54) is 4.31 Å². The molecule has 0 unspecified atom stereocenters. The number of rotatable bonds is 5. The summed E-state index contributed by atoms with van der Waals surface area (Å²) in [6.45, 7) is 4.10. The van der Waals surface area contributed by atoms with Gasteiger partial charge in [0.05, 0.1) is 11.4 Å². The molecule has 0 aromatic heterocycles. The van der Waals surface area contributed by atoms with Crippen molar-refractivity contribution in [3.05, 3.63) is 42.5 Å². The Labute approximate surface area is 109 Å². The zero-order valence-electron chi connectivity index (χ0n) is 10.6. The molecule has 4 heteroatoms. The second kappa shape index (κ2) is 7.00.